The zero-order valence-electron chi connectivity index (χ0n) is 21.1. The summed E-state index contributed by atoms with van der Waals surface area (Å²) < 4.78 is 0. The van der Waals surface area contributed by atoms with Crippen LogP contribution < -0.4 is 4.90 Å². The molecule has 1 fully saturated rings. The SMILES string of the molecule is CCCCSc1ccc(N=C2C(=O)N(CN3CCC(Cc4ccccc4)CC3)c3ccccc32)cc1. The van der Waals surface area contributed by atoms with E-state index in [2.05, 4.69) is 54.3 Å². The van der Waals surface area contributed by atoms with Crippen LogP contribution in [0.4, 0.5) is 11.4 Å². The van der Waals surface area contributed by atoms with E-state index in [9.17, 15) is 4.79 Å². The van der Waals surface area contributed by atoms with Gasteiger partial charge in [0.15, 0.2) is 0 Å². The number of para-hydroxylation sites is 1. The molecule has 1 saturated heterocycles. The summed E-state index contributed by atoms with van der Waals surface area (Å²) in [4.78, 5) is 24.0. The van der Waals surface area contributed by atoms with Crippen LogP contribution in [0.3, 0.4) is 0 Å². The van der Waals surface area contributed by atoms with E-state index in [0.717, 1.165) is 42.2 Å². The first-order valence-electron chi connectivity index (χ1n) is 13.2. The minimum absolute atomic E-state index is 0.00371. The topological polar surface area (TPSA) is 35.9 Å². The van der Waals surface area contributed by atoms with Gasteiger partial charge in [-0.25, -0.2) is 4.99 Å². The number of likely N-dealkylation sites (tertiary alicyclic amines) is 1. The van der Waals surface area contributed by atoms with Crippen LogP contribution in [0.5, 0.6) is 0 Å². The van der Waals surface area contributed by atoms with Gasteiger partial charge in [0.2, 0.25) is 0 Å². The number of nitrogens with zero attached hydrogens (tertiary/aromatic N) is 3. The second-order valence-electron chi connectivity index (χ2n) is 9.80. The molecule has 0 aromatic heterocycles. The van der Waals surface area contributed by atoms with Crippen molar-refractivity contribution in [3.8, 4) is 0 Å². The summed E-state index contributed by atoms with van der Waals surface area (Å²) in [6, 6.07) is 27.1. The number of amides is 1. The number of hydrogen-bond acceptors (Lipinski definition) is 4. The Balaban J connectivity index is 1.24. The second-order valence-corrected chi connectivity index (χ2v) is 11.0. The zero-order valence-corrected chi connectivity index (χ0v) is 21.9. The Bertz CT molecular complexity index is 1180. The first kappa shape index (κ1) is 24.8. The molecule has 0 unspecified atom stereocenters. The fourth-order valence-electron chi connectivity index (χ4n) is 5.07. The molecule has 36 heavy (non-hydrogen) atoms. The molecule has 0 N–H and O–H groups in total. The standard InChI is InChI=1S/C31H35N3OS/c1-2-3-21-36-27-15-13-26(14-16-27)32-30-28-11-7-8-12-29(28)34(31(30)35)23-33-19-17-25(18-20-33)22-24-9-5-4-6-10-24/h4-16,25H,2-3,17-23H2,1H3. The molecule has 0 aliphatic carbocycles. The molecule has 0 atom stereocenters. The van der Waals surface area contributed by atoms with Gasteiger partial charge in [-0.3, -0.25) is 14.6 Å². The third-order valence-electron chi connectivity index (χ3n) is 7.16. The highest BCUT2D eigenvalue weighted by Crippen LogP contribution is 2.32. The van der Waals surface area contributed by atoms with E-state index >= 15 is 0 Å². The smallest absolute Gasteiger partial charge is 0.278 e. The minimum atomic E-state index is 0.00371. The molecule has 4 nitrogen and oxygen atoms in total. The van der Waals surface area contributed by atoms with E-state index in [1.807, 2.05) is 53.1 Å². The van der Waals surface area contributed by atoms with Crippen LogP contribution in [-0.4, -0.2) is 42.0 Å². The summed E-state index contributed by atoms with van der Waals surface area (Å²) in [6.07, 6.45) is 5.92. The van der Waals surface area contributed by atoms with E-state index in [4.69, 9.17) is 4.99 Å². The number of rotatable bonds is 9. The predicted octanol–water partition coefficient (Wildman–Crippen LogP) is 6.96. The van der Waals surface area contributed by atoms with Crippen molar-refractivity contribution in [2.24, 2.45) is 10.9 Å². The van der Waals surface area contributed by atoms with Crippen molar-refractivity contribution >= 4 is 34.8 Å². The summed E-state index contributed by atoms with van der Waals surface area (Å²) in [5.41, 5.74) is 4.71. The van der Waals surface area contributed by atoms with E-state index in [-0.39, 0.29) is 5.91 Å². The lowest BCUT2D eigenvalue weighted by Gasteiger charge is -2.34. The number of thioether (sulfide) groups is 1. The Morgan fingerprint density at radius 3 is 2.39 bits per heavy atom. The normalized spacial score (nSPS) is 17.6. The molecule has 3 aromatic carbocycles. The van der Waals surface area contributed by atoms with Crippen molar-refractivity contribution in [3.05, 3.63) is 90.0 Å². The van der Waals surface area contributed by atoms with Crippen LogP contribution in [0.25, 0.3) is 0 Å². The molecule has 0 saturated carbocycles. The minimum Gasteiger partial charge on any atom is -0.293 e. The maximum absolute atomic E-state index is 13.6. The van der Waals surface area contributed by atoms with Gasteiger partial charge >= 0.3 is 0 Å². The second kappa shape index (κ2) is 11.9. The van der Waals surface area contributed by atoms with Crippen LogP contribution in [-0.2, 0) is 11.2 Å². The quantitative estimate of drug-likeness (QED) is 0.237. The average molecular weight is 498 g/mol. The number of unbranched alkanes of at least 4 members (excludes halogenated alkanes) is 1. The molecular weight excluding hydrogens is 462 g/mol. The Morgan fingerprint density at radius 1 is 0.917 bits per heavy atom. The van der Waals surface area contributed by atoms with Crippen molar-refractivity contribution in [1.29, 1.82) is 0 Å². The maximum atomic E-state index is 13.6. The number of carbonyl (C=O) groups excluding carboxylic acids is 1. The number of carbonyl (C=O) groups is 1. The highest BCUT2D eigenvalue weighted by atomic mass is 32.2. The Kier molecular flexibility index (Phi) is 8.19. The summed E-state index contributed by atoms with van der Waals surface area (Å²) in [6.45, 7) is 4.88. The summed E-state index contributed by atoms with van der Waals surface area (Å²) in [7, 11) is 0. The Morgan fingerprint density at radius 2 is 1.64 bits per heavy atom. The number of piperidine rings is 1. The first-order valence-corrected chi connectivity index (χ1v) is 14.2. The van der Waals surface area contributed by atoms with Crippen LogP contribution in [0.1, 0.15) is 43.7 Å². The van der Waals surface area contributed by atoms with E-state index in [1.54, 1.807) is 0 Å². The van der Waals surface area contributed by atoms with Gasteiger partial charge in [-0.05, 0) is 73.2 Å². The number of hydrogen-bond donors (Lipinski definition) is 0. The molecule has 2 heterocycles. The molecular formula is C31H35N3OS. The fraction of sp³-hybridized carbons (Fsp3) is 0.355. The summed E-state index contributed by atoms with van der Waals surface area (Å²) >= 11 is 1.88. The van der Waals surface area contributed by atoms with E-state index in [0.29, 0.717) is 18.3 Å². The molecule has 5 rings (SSSR count). The third kappa shape index (κ3) is 5.91. The van der Waals surface area contributed by atoms with Crippen molar-refractivity contribution in [1.82, 2.24) is 4.90 Å². The fourth-order valence-corrected chi connectivity index (χ4v) is 6.07. The molecule has 2 aliphatic rings. The number of anilines is 1. The van der Waals surface area contributed by atoms with Gasteiger partial charge in [0, 0.05) is 23.5 Å². The molecule has 186 valence electrons. The van der Waals surface area contributed by atoms with Crippen LogP contribution in [0.15, 0.2) is 88.8 Å². The Labute approximate surface area is 219 Å². The lowest BCUT2D eigenvalue weighted by atomic mass is 9.90. The maximum Gasteiger partial charge on any atom is 0.278 e. The monoisotopic (exact) mass is 497 g/mol. The van der Waals surface area contributed by atoms with Crippen LogP contribution >= 0.6 is 11.8 Å². The molecule has 5 heteroatoms. The van der Waals surface area contributed by atoms with Gasteiger partial charge in [0.05, 0.1) is 18.0 Å². The third-order valence-corrected chi connectivity index (χ3v) is 8.26. The van der Waals surface area contributed by atoms with Crippen molar-refractivity contribution in [3.63, 3.8) is 0 Å². The molecule has 0 bridgehead atoms. The molecule has 3 aromatic rings. The van der Waals surface area contributed by atoms with Crippen molar-refractivity contribution < 1.29 is 4.79 Å². The lowest BCUT2D eigenvalue weighted by molar-refractivity contribution is -0.112. The number of aliphatic imine (C=N–C) groups is 1. The van der Waals surface area contributed by atoms with Crippen molar-refractivity contribution in [2.75, 3.05) is 30.4 Å². The zero-order chi connectivity index (χ0) is 24.7. The summed E-state index contributed by atoms with van der Waals surface area (Å²) in [5, 5.41) is 0. The van der Waals surface area contributed by atoms with Gasteiger partial charge in [-0.15, -0.1) is 11.8 Å². The molecule has 0 spiro atoms. The lowest BCUT2D eigenvalue weighted by Crippen LogP contribution is -2.44. The number of fused-ring (bicyclic) bond motifs is 1. The van der Waals surface area contributed by atoms with Gasteiger partial charge < -0.3 is 0 Å². The van der Waals surface area contributed by atoms with E-state index < -0.39 is 0 Å². The van der Waals surface area contributed by atoms with Crippen LogP contribution in [0, 0.1) is 5.92 Å². The van der Waals surface area contributed by atoms with Crippen LogP contribution in [0.2, 0.25) is 0 Å². The first-order chi connectivity index (χ1) is 17.7. The summed E-state index contributed by atoms with van der Waals surface area (Å²) in [5.74, 6) is 1.85. The van der Waals surface area contributed by atoms with Crippen molar-refractivity contribution in [2.45, 2.75) is 43.9 Å². The average Bonchev–Trinajstić information content (AvgIpc) is 3.17. The highest BCUT2D eigenvalue weighted by molar-refractivity contribution is 7.99. The van der Waals surface area contributed by atoms with Gasteiger partial charge in [-0.2, -0.15) is 0 Å². The number of benzene rings is 3. The molecule has 2 aliphatic heterocycles. The highest BCUT2D eigenvalue weighted by Gasteiger charge is 2.35. The predicted molar refractivity (Wildman–Crippen MR) is 152 cm³/mol. The molecule has 0 radical (unpaired) electrons. The van der Waals surface area contributed by atoms with Gasteiger partial charge in [-0.1, -0.05) is 61.9 Å². The Hall–Kier alpha value is -2.89. The molecule has 1 amide bonds. The largest absolute Gasteiger partial charge is 0.293 e. The van der Waals surface area contributed by atoms with Gasteiger partial charge in [0.1, 0.15) is 5.71 Å². The van der Waals surface area contributed by atoms with Gasteiger partial charge in [0.25, 0.3) is 5.91 Å². The van der Waals surface area contributed by atoms with E-state index in [1.165, 1.54) is 36.1 Å².